The number of hydrogen-bond donors (Lipinski definition) is 0. The number of fused-ring (bicyclic) bond motifs is 5. The Morgan fingerprint density at radius 2 is 1.29 bits per heavy atom. The summed E-state index contributed by atoms with van der Waals surface area (Å²) in [5.74, 6) is 0. The summed E-state index contributed by atoms with van der Waals surface area (Å²) in [6.45, 7) is 0. The van der Waals surface area contributed by atoms with Crippen molar-refractivity contribution in [3.63, 3.8) is 0 Å². The van der Waals surface area contributed by atoms with Gasteiger partial charge in [-0.15, -0.1) is 11.3 Å². The first kappa shape index (κ1) is 18.4. The third-order valence-corrected chi connectivity index (χ3v) is 7.14. The Labute approximate surface area is 189 Å². The lowest BCUT2D eigenvalue weighted by Crippen LogP contribution is -2.09. The van der Waals surface area contributed by atoms with Crippen molar-refractivity contribution in [2.24, 2.45) is 0 Å². The average molecular weight is 436 g/mol. The van der Waals surface area contributed by atoms with Crippen molar-refractivity contribution < 1.29 is 0 Å². The fourth-order valence-corrected chi connectivity index (χ4v) is 5.68. The number of anilines is 3. The molecule has 0 bridgehead atoms. The molecule has 0 N–H and O–H groups in total. The highest BCUT2D eigenvalue weighted by Gasteiger charge is 2.15. The van der Waals surface area contributed by atoms with Gasteiger partial charge in [0, 0.05) is 47.6 Å². The fourth-order valence-electron chi connectivity index (χ4n) is 4.27. The van der Waals surface area contributed by atoms with E-state index in [1.54, 1.807) is 0 Å². The van der Waals surface area contributed by atoms with Crippen LogP contribution in [0.2, 0.25) is 5.02 Å². The number of para-hydroxylation sites is 1. The number of rotatable bonds is 3. The second kappa shape index (κ2) is 7.42. The number of halogens is 1. The van der Waals surface area contributed by atoms with Crippen molar-refractivity contribution in [1.82, 2.24) is 0 Å². The van der Waals surface area contributed by atoms with Crippen LogP contribution < -0.4 is 4.90 Å². The van der Waals surface area contributed by atoms with E-state index in [2.05, 4.69) is 89.8 Å². The third-order valence-electron chi connectivity index (χ3n) is 5.68. The molecule has 0 atom stereocenters. The van der Waals surface area contributed by atoms with E-state index in [9.17, 15) is 0 Å². The van der Waals surface area contributed by atoms with Crippen molar-refractivity contribution in [2.45, 2.75) is 0 Å². The van der Waals surface area contributed by atoms with E-state index in [1.807, 2.05) is 35.6 Å². The highest BCUT2D eigenvalue weighted by Crippen LogP contribution is 2.42. The van der Waals surface area contributed by atoms with Crippen molar-refractivity contribution in [2.75, 3.05) is 4.90 Å². The minimum atomic E-state index is 0.728. The molecule has 31 heavy (non-hydrogen) atoms. The molecule has 0 aliphatic carbocycles. The summed E-state index contributed by atoms with van der Waals surface area (Å²) in [7, 11) is 0. The molecule has 0 amide bonds. The third kappa shape index (κ3) is 3.16. The standard InChI is InChI=1S/C28H18ClNS/c29-20-7-6-10-22(17-20)30(21-8-2-1-3-9-21)23-15-13-19-14-16-25-24-11-4-5-12-27(24)31-28(25)26(19)18-23/h1-18H. The second-order valence-corrected chi connectivity index (χ2v) is 9.09. The molecule has 0 fully saturated rings. The van der Waals surface area contributed by atoms with E-state index in [0.717, 1.165) is 22.1 Å². The van der Waals surface area contributed by atoms with Gasteiger partial charge in [-0.25, -0.2) is 0 Å². The summed E-state index contributed by atoms with van der Waals surface area (Å²) >= 11 is 8.22. The van der Waals surface area contributed by atoms with Crippen LogP contribution in [0.3, 0.4) is 0 Å². The monoisotopic (exact) mass is 435 g/mol. The summed E-state index contributed by atoms with van der Waals surface area (Å²) in [4.78, 5) is 2.26. The lowest BCUT2D eigenvalue weighted by atomic mass is 10.0. The molecule has 148 valence electrons. The minimum absolute atomic E-state index is 0.728. The van der Waals surface area contributed by atoms with Gasteiger partial charge in [0.25, 0.3) is 0 Å². The Hall–Kier alpha value is -3.33. The maximum absolute atomic E-state index is 6.36. The number of benzene rings is 5. The molecule has 0 saturated heterocycles. The average Bonchev–Trinajstić information content (AvgIpc) is 3.19. The number of hydrogen-bond acceptors (Lipinski definition) is 2. The van der Waals surface area contributed by atoms with Crippen LogP contribution in [0.15, 0.2) is 109 Å². The van der Waals surface area contributed by atoms with Crippen molar-refractivity contribution in [3.05, 3.63) is 114 Å². The van der Waals surface area contributed by atoms with Crippen molar-refractivity contribution in [3.8, 4) is 0 Å². The van der Waals surface area contributed by atoms with Crippen molar-refractivity contribution >= 4 is 70.9 Å². The number of thiophene rings is 1. The summed E-state index contributed by atoms with van der Waals surface area (Å²) < 4.78 is 2.66. The first-order chi connectivity index (χ1) is 15.3. The first-order valence-corrected chi connectivity index (χ1v) is 11.4. The highest BCUT2D eigenvalue weighted by molar-refractivity contribution is 7.26. The minimum Gasteiger partial charge on any atom is -0.310 e. The summed E-state index contributed by atoms with van der Waals surface area (Å²) in [6.07, 6.45) is 0. The molecule has 1 heterocycles. The van der Waals surface area contributed by atoms with E-state index in [1.165, 1.54) is 30.9 Å². The lowest BCUT2D eigenvalue weighted by Gasteiger charge is -2.26. The first-order valence-electron chi connectivity index (χ1n) is 10.2. The zero-order chi connectivity index (χ0) is 20.8. The lowest BCUT2D eigenvalue weighted by molar-refractivity contribution is 1.29. The van der Waals surface area contributed by atoms with Gasteiger partial charge in [-0.3, -0.25) is 0 Å². The molecule has 0 spiro atoms. The number of nitrogens with zero attached hydrogens (tertiary/aromatic N) is 1. The smallest absolute Gasteiger partial charge is 0.0476 e. The molecule has 0 unspecified atom stereocenters. The van der Waals surface area contributed by atoms with Gasteiger partial charge in [-0.05, 0) is 53.9 Å². The molecular weight excluding hydrogens is 418 g/mol. The van der Waals surface area contributed by atoms with Crippen LogP contribution in [0, 0.1) is 0 Å². The normalized spacial score (nSPS) is 11.4. The molecule has 1 aromatic heterocycles. The molecule has 3 heteroatoms. The Morgan fingerprint density at radius 1 is 0.548 bits per heavy atom. The predicted molar refractivity (Wildman–Crippen MR) is 137 cm³/mol. The Kier molecular flexibility index (Phi) is 4.41. The topological polar surface area (TPSA) is 3.24 Å². The molecule has 1 nitrogen and oxygen atoms in total. The van der Waals surface area contributed by atoms with E-state index in [4.69, 9.17) is 11.6 Å². The van der Waals surface area contributed by atoms with E-state index < -0.39 is 0 Å². The van der Waals surface area contributed by atoms with Crippen LogP contribution in [-0.2, 0) is 0 Å². The Morgan fingerprint density at radius 3 is 2.16 bits per heavy atom. The van der Waals surface area contributed by atoms with Gasteiger partial charge in [0.15, 0.2) is 0 Å². The molecule has 0 aliphatic rings. The molecule has 6 aromatic rings. The van der Waals surface area contributed by atoms with Crippen LogP contribution in [0.1, 0.15) is 0 Å². The maximum Gasteiger partial charge on any atom is 0.0476 e. The predicted octanol–water partition coefficient (Wildman–Crippen LogP) is 9.33. The largest absolute Gasteiger partial charge is 0.310 e. The fraction of sp³-hybridized carbons (Fsp3) is 0. The van der Waals surface area contributed by atoms with Crippen LogP contribution in [0.4, 0.5) is 17.1 Å². The molecular formula is C28H18ClNS. The van der Waals surface area contributed by atoms with E-state index >= 15 is 0 Å². The Bertz CT molecular complexity index is 1550. The quantitative estimate of drug-likeness (QED) is 0.267. The van der Waals surface area contributed by atoms with E-state index in [-0.39, 0.29) is 0 Å². The molecule has 0 saturated carbocycles. The Balaban J connectivity index is 1.63. The molecule has 5 aromatic carbocycles. The van der Waals surface area contributed by atoms with Gasteiger partial charge in [-0.1, -0.05) is 72.3 Å². The van der Waals surface area contributed by atoms with Gasteiger partial charge in [0.05, 0.1) is 0 Å². The van der Waals surface area contributed by atoms with Gasteiger partial charge in [-0.2, -0.15) is 0 Å². The second-order valence-electron chi connectivity index (χ2n) is 7.60. The maximum atomic E-state index is 6.36. The summed E-state index contributed by atoms with van der Waals surface area (Å²) in [6, 6.07) is 38.3. The summed E-state index contributed by atoms with van der Waals surface area (Å²) in [5, 5.41) is 5.90. The SMILES string of the molecule is Clc1cccc(N(c2ccccc2)c2ccc3ccc4c5ccccc5sc4c3c2)c1. The molecule has 0 radical (unpaired) electrons. The van der Waals surface area contributed by atoms with Crippen LogP contribution >= 0.6 is 22.9 Å². The van der Waals surface area contributed by atoms with Gasteiger partial charge < -0.3 is 4.90 Å². The molecule has 6 rings (SSSR count). The van der Waals surface area contributed by atoms with Crippen LogP contribution in [0.25, 0.3) is 30.9 Å². The van der Waals surface area contributed by atoms with Crippen LogP contribution in [0.5, 0.6) is 0 Å². The zero-order valence-electron chi connectivity index (χ0n) is 16.6. The van der Waals surface area contributed by atoms with Gasteiger partial charge >= 0.3 is 0 Å². The van der Waals surface area contributed by atoms with E-state index in [0.29, 0.717) is 0 Å². The highest BCUT2D eigenvalue weighted by atomic mass is 35.5. The van der Waals surface area contributed by atoms with Gasteiger partial charge in [0.1, 0.15) is 0 Å². The van der Waals surface area contributed by atoms with Crippen LogP contribution in [-0.4, -0.2) is 0 Å². The zero-order valence-corrected chi connectivity index (χ0v) is 18.2. The molecule has 0 aliphatic heterocycles. The summed E-state index contributed by atoms with van der Waals surface area (Å²) in [5.41, 5.74) is 3.26. The van der Waals surface area contributed by atoms with Crippen molar-refractivity contribution in [1.29, 1.82) is 0 Å². The van der Waals surface area contributed by atoms with Gasteiger partial charge in [0.2, 0.25) is 0 Å².